The second-order valence-corrected chi connectivity index (χ2v) is 8.66. The van der Waals surface area contributed by atoms with Crippen molar-refractivity contribution in [1.82, 2.24) is 19.7 Å². The van der Waals surface area contributed by atoms with Crippen LogP contribution in [0.1, 0.15) is 10.7 Å². The highest BCUT2D eigenvalue weighted by molar-refractivity contribution is 7.16. The fraction of sp³-hybridized carbons (Fsp3) is 0.158. The van der Waals surface area contributed by atoms with E-state index in [1.54, 1.807) is 22.2 Å². The van der Waals surface area contributed by atoms with Gasteiger partial charge in [-0.25, -0.2) is 9.97 Å². The van der Waals surface area contributed by atoms with Crippen LogP contribution in [0.2, 0.25) is 5.02 Å². The second-order valence-electron chi connectivity index (χ2n) is 6.17. The second kappa shape index (κ2) is 7.83. The number of anilines is 1. The van der Waals surface area contributed by atoms with Crippen LogP contribution in [0.5, 0.6) is 0 Å². The molecule has 0 spiro atoms. The standard InChI is InChI=1S/C19H16ClN5OS2/c1-11-18(28-12(2)22-11)16-10-27-19(23-16)24-17(26)9-25-8-14(7-21-25)13-3-5-15(20)6-4-13/h3-8,10H,9H2,1-2H3,(H,23,24,26). The van der Waals surface area contributed by atoms with E-state index in [1.807, 2.05) is 49.7 Å². The third kappa shape index (κ3) is 4.14. The summed E-state index contributed by atoms with van der Waals surface area (Å²) in [5.74, 6) is -0.177. The third-order valence-corrected chi connectivity index (χ3v) is 6.11. The Labute approximate surface area is 174 Å². The van der Waals surface area contributed by atoms with Gasteiger partial charge in [0.25, 0.3) is 0 Å². The lowest BCUT2D eigenvalue weighted by atomic mass is 10.1. The number of hydrogen-bond acceptors (Lipinski definition) is 6. The van der Waals surface area contributed by atoms with Crippen LogP contribution in [0.4, 0.5) is 5.13 Å². The van der Waals surface area contributed by atoms with E-state index in [1.165, 1.54) is 11.3 Å². The molecule has 0 radical (unpaired) electrons. The number of hydrogen-bond donors (Lipinski definition) is 1. The highest BCUT2D eigenvalue weighted by atomic mass is 35.5. The van der Waals surface area contributed by atoms with Gasteiger partial charge in [0.2, 0.25) is 5.91 Å². The number of rotatable bonds is 5. The zero-order valence-corrected chi connectivity index (χ0v) is 17.5. The number of benzene rings is 1. The SMILES string of the molecule is Cc1nc(C)c(-c2csc(NC(=O)Cn3cc(-c4ccc(Cl)cc4)cn3)n2)s1. The maximum atomic E-state index is 12.4. The first-order valence-corrected chi connectivity index (χ1v) is 10.5. The summed E-state index contributed by atoms with van der Waals surface area (Å²) >= 11 is 8.92. The minimum atomic E-state index is -0.177. The van der Waals surface area contributed by atoms with Gasteiger partial charge in [-0.05, 0) is 31.5 Å². The summed E-state index contributed by atoms with van der Waals surface area (Å²) < 4.78 is 1.60. The molecule has 1 N–H and O–H groups in total. The van der Waals surface area contributed by atoms with Crippen molar-refractivity contribution in [2.75, 3.05) is 5.32 Å². The normalized spacial score (nSPS) is 11.0. The molecule has 4 aromatic rings. The molecule has 4 rings (SSSR count). The Morgan fingerprint density at radius 3 is 2.68 bits per heavy atom. The maximum Gasteiger partial charge on any atom is 0.247 e. The molecule has 3 aromatic heterocycles. The quantitative estimate of drug-likeness (QED) is 0.482. The summed E-state index contributed by atoms with van der Waals surface area (Å²) in [6.45, 7) is 4.05. The van der Waals surface area contributed by atoms with Gasteiger partial charge in [0, 0.05) is 22.2 Å². The summed E-state index contributed by atoms with van der Waals surface area (Å²) in [6.07, 6.45) is 3.56. The lowest BCUT2D eigenvalue weighted by Crippen LogP contribution is -2.18. The zero-order valence-electron chi connectivity index (χ0n) is 15.1. The Balaban J connectivity index is 1.41. The number of carbonyl (C=O) groups excluding carboxylic acids is 1. The molecule has 0 fully saturated rings. The Bertz CT molecular complexity index is 1130. The van der Waals surface area contributed by atoms with E-state index in [0.717, 1.165) is 32.4 Å². The highest BCUT2D eigenvalue weighted by Gasteiger charge is 2.13. The lowest BCUT2D eigenvalue weighted by molar-refractivity contribution is -0.116. The Kier molecular flexibility index (Phi) is 5.25. The molecule has 0 aliphatic rings. The first-order chi connectivity index (χ1) is 13.5. The number of thiazole rings is 2. The van der Waals surface area contributed by atoms with Gasteiger partial charge in [0.15, 0.2) is 5.13 Å². The Morgan fingerprint density at radius 1 is 1.18 bits per heavy atom. The van der Waals surface area contributed by atoms with Gasteiger partial charge >= 0.3 is 0 Å². The zero-order chi connectivity index (χ0) is 19.7. The van der Waals surface area contributed by atoms with Crippen LogP contribution in [0.3, 0.4) is 0 Å². The van der Waals surface area contributed by atoms with E-state index in [0.29, 0.717) is 10.2 Å². The number of nitrogens with zero attached hydrogens (tertiary/aromatic N) is 4. The molecular weight excluding hydrogens is 414 g/mol. The molecule has 0 aliphatic carbocycles. The molecule has 1 aromatic carbocycles. The summed E-state index contributed by atoms with van der Waals surface area (Å²) in [4.78, 5) is 22.3. The third-order valence-electron chi connectivity index (χ3n) is 4.00. The van der Waals surface area contributed by atoms with Crippen LogP contribution in [-0.4, -0.2) is 25.7 Å². The van der Waals surface area contributed by atoms with Gasteiger partial charge in [-0.2, -0.15) is 5.10 Å². The monoisotopic (exact) mass is 429 g/mol. The molecule has 0 saturated heterocycles. The molecule has 0 saturated carbocycles. The number of nitrogens with one attached hydrogen (secondary N) is 1. The number of carbonyl (C=O) groups is 1. The number of aryl methyl sites for hydroxylation is 2. The predicted molar refractivity (Wildman–Crippen MR) is 114 cm³/mol. The van der Waals surface area contributed by atoms with E-state index < -0.39 is 0 Å². The largest absolute Gasteiger partial charge is 0.300 e. The molecule has 0 unspecified atom stereocenters. The van der Waals surface area contributed by atoms with Gasteiger partial charge in [0.05, 0.1) is 27.5 Å². The molecule has 142 valence electrons. The van der Waals surface area contributed by atoms with Crippen LogP contribution >= 0.6 is 34.3 Å². The average Bonchev–Trinajstić information content (AvgIpc) is 3.36. The molecule has 1 amide bonds. The maximum absolute atomic E-state index is 12.4. The van der Waals surface area contributed by atoms with Crippen molar-refractivity contribution in [2.45, 2.75) is 20.4 Å². The molecule has 9 heteroatoms. The van der Waals surface area contributed by atoms with Gasteiger partial charge in [-0.1, -0.05) is 23.7 Å². The fourth-order valence-corrected chi connectivity index (χ4v) is 4.55. The summed E-state index contributed by atoms with van der Waals surface area (Å²) in [5.41, 5.74) is 3.72. The van der Waals surface area contributed by atoms with Crippen molar-refractivity contribution in [3.63, 3.8) is 0 Å². The average molecular weight is 430 g/mol. The summed E-state index contributed by atoms with van der Waals surface area (Å²) in [7, 11) is 0. The van der Waals surface area contributed by atoms with Crippen LogP contribution < -0.4 is 5.32 Å². The van der Waals surface area contributed by atoms with Crippen LogP contribution in [0.15, 0.2) is 42.0 Å². The minimum absolute atomic E-state index is 0.112. The number of aromatic nitrogens is 4. The molecule has 0 bridgehead atoms. The van der Waals surface area contributed by atoms with Gasteiger partial charge in [-0.15, -0.1) is 22.7 Å². The molecular formula is C19H16ClN5OS2. The smallest absolute Gasteiger partial charge is 0.247 e. The molecule has 0 aliphatic heterocycles. The van der Waals surface area contributed by atoms with E-state index in [-0.39, 0.29) is 12.5 Å². The minimum Gasteiger partial charge on any atom is -0.300 e. The first-order valence-electron chi connectivity index (χ1n) is 8.46. The fourth-order valence-electron chi connectivity index (χ4n) is 2.75. The van der Waals surface area contributed by atoms with Crippen LogP contribution in [-0.2, 0) is 11.3 Å². The van der Waals surface area contributed by atoms with E-state index >= 15 is 0 Å². The van der Waals surface area contributed by atoms with Crippen molar-refractivity contribution in [1.29, 1.82) is 0 Å². The summed E-state index contributed by atoms with van der Waals surface area (Å²) in [5, 5.41) is 11.3. The van der Waals surface area contributed by atoms with Gasteiger partial charge < -0.3 is 5.32 Å². The molecule has 6 nitrogen and oxygen atoms in total. The van der Waals surface area contributed by atoms with Crippen molar-refractivity contribution in [2.24, 2.45) is 0 Å². The predicted octanol–water partition coefficient (Wildman–Crippen LogP) is 5.04. The lowest BCUT2D eigenvalue weighted by Gasteiger charge is -2.02. The highest BCUT2D eigenvalue weighted by Crippen LogP contribution is 2.32. The van der Waals surface area contributed by atoms with E-state index in [2.05, 4.69) is 20.4 Å². The summed E-state index contributed by atoms with van der Waals surface area (Å²) in [6, 6.07) is 7.49. The van der Waals surface area contributed by atoms with Gasteiger partial charge in [0.1, 0.15) is 6.54 Å². The van der Waals surface area contributed by atoms with Gasteiger partial charge in [-0.3, -0.25) is 9.48 Å². The Hall–Kier alpha value is -2.55. The topological polar surface area (TPSA) is 72.7 Å². The van der Waals surface area contributed by atoms with Crippen LogP contribution in [0.25, 0.3) is 21.7 Å². The Morgan fingerprint density at radius 2 is 1.96 bits per heavy atom. The van der Waals surface area contributed by atoms with E-state index in [9.17, 15) is 4.79 Å². The number of amides is 1. The van der Waals surface area contributed by atoms with Crippen molar-refractivity contribution in [3.8, 4) is 21.7 Å². The molecule has 0 atom stereocenters. The van der Waals surface area contributed by atoms with Crippen molar-refractivity contribution in [3.05, 3.63) is 57.8 Å². The molecule has 3 heterocycles. The van der Waals surface area contributed by atoms with Crippen molar-refractivity contribution >= 4 is 45.3 Å². The van der Waals surface area contributed by atoms with Crippen molar-refractivity contribution < 1.29 is 4.79 Å². The van der Waals surface area contributed by atoms with Crippen LogP contribution in [0, 0.1) is 13.8 Å². The van der Waals surface area contributed by atoms with E-state index in [4.69, 9.17) is 11.6 Å². The first kappa shape index (κ1) is 18.8. The number of halogens is 1. The molecule has 28 heavy (non-hydrogen) atoms.